The van der Waals surface area contributed by atoms with Crippen LogP contribution in [0.4, 0.5) is 0 Å². The van der Waals surface area contributed by atoms with Crippen molar-refractivity contribution in [3.05, 3.63) is 13.8 Å². The first-order chi connectivity index (χ1) is 8.77. The fourth-order valence-corrected chi connectivity index (χ4v) is 0.151. The third-order valence-corrected chi connectivity index (χ3v) is 1.77. The van der Waals surface area contributed by atoms with Crippen molar-refractivity contribution in [1.82, 2.24) is 0 Å². The van der Waals surface area contributed by atoms with Crippen LogP contribution in [0.5, 0.6) is 0 Å². The molecule has 0 amide bonds. The normalized spacial score (nSPS) is 9.60. The summed E-state index contributed by atoms with van der Waals surface area (Å²) >= 11 is 0. The molecule has 2 N–H and O–H groups in total. The molecule has 0 spiro atoms. The van der Waals surface area contributed by atoms with Crippen LogP contribution in [0.15, 0.2) is 0 Å². The summed E-state index contributed by atoms with van der Waals surface area (Å²) in [5.74, 6) is -1.47. The zero-order valence-corrected chi connectivity index (χ0v) is 14.5. The summed E-state index contributed by atoms with van der Waals surface area (Å²) in [4.78, 5) is 19.6. The Hall–Kier alpha value is -1.32. The number of hydrogen-bond acceptors (Lipinski definition) is 2. The molecule has 0 aliphatic carbocycles. The van der Waals surface area contributed by atoms with Gasteiger partial charge >= 0.3 is 11.9 Å². The summed E-state index contributed by atoms with van der Waals surface area (Å²) in [5, 5.41) is 16.2. The van der Waals surface area contributed by atoms with E-state index < -0.39 is 17.4 Å². The van der Waals surface area contributed by atoms with Gasteiger partial charge in [0.25, 0.3) is 0 Å². The molecule has 0 saturated heterocycles. The first-order valence-electron chi connectivity index (χ1n) is 6.79. The highest BCUT2D eigenvalue weighted by atomic mass is 16.4. The summed E-state index contributed by atoms with van der Waals surface area (Å²) in [6, 6.07) is 0. The Balaban J connectivity index is -0.0000000938. The number of hydrogen-bond donors (Lipinski definition) is 2. The number of carboxylic acids is 2. The molecule has 0 aromatic rings. The highest BCUT2D eigenvalue weighted by Crippen LogP contribution is 2.18. The third kappa shape index (κ3) is 43.8. The van der Waals surface area contributed by atoms with Crippen LogP contribution < -0.4 is 0 Å². The molecule has 0 heterocycles. The minimum Gasteiger partial charge on any atom is -0.481 e. The molecule has 0 radical (unpaired) electrons. The average molecular weight is 290 g/mol. The van der Waals surface area contributed by atoms with Crippen LogP contribution in [0.25, 0.3) is 0 Å². The van der Waals surface area contributed by atoms with Gasteiger partial charge in [0.1, 0.15) is 0 Å². The minimum absolute atomic E-state index is 0.222. The molecule has 0 aromatic heterocycles. The van der Waals surface area contributed by atoms with Crippen LogP contribution in [0.2, 0.25) is 0 Å². The highest BCUT2D eigenvalue weighted by Gasteiger charge is 2.23. The largest absolute Gasteiger partial charge is 0.481 e. The van der Waals surface area contributed by atoms with Gasteiger partial charge in [-0.3, -0.25) is 9.59 Å². The van der Waals surface area contributed by atoms with Gasteiger partial charge in [0, 0.05) is 6.42 Å². The summed E-state index contributed by atoms with van der Waals surface area (Å²) in [6.45, 7) is 21.9. The predicted octanol–water partition coefficient (Wildman–Crippen LogP) is 4.70. The number of aliphatic carboxylic acids is 2. The second-order valence-electron chi connectivity index (χ2n) is 5.85. The van der Waals surface area contributed by atoms with E-state index in [2.05, 4.69) is 34.6 Å². The standard InChI is InChI=1S/C6H12O2.C5H11.C3H6O2.C2H5/c1-4-6(2,3)5(7)8;1-5(2,3)4;1-2-3(4)5;1-2/h4H2,1-3H3,(H,7,8);1H2,2-4H3;2H2,1H3,(H,4,5);1H2,2H3/q;+1;;+1. The van der Waals surface area contributed by atoms with E-state index >= 15 is 0 Å². The maximum Gasteiger partial charge on any atom is 0.309 e. The van der Waals surface area contributed by atoms with Crippen LogP contribution in [0.1, 0.15) is 68.2 Å². The van der Waals surface area contributed by atoms with Gasteiger partial charge in [-0.2, -0.15) is 0 Å². The molecule has 0 rings (SSSR count). The molecule has 120 valence electrons. The zero-order chi connectivity index (χ0) is 17.6. The lowest BCUT2D eigenvalue weighted by Crippen LogP contribution is -2.21. The molecule has 0 fully saturated rings. The van der Waals surface area contributed by atoms with E-state index in [1.54, 1.807) is 27.7 Å². The topological polar surface area (TPSA) is 74.6 Å². The fourth-order valence-electron chi connectivity index (χ4n) is 0.151. The summed E-state index contributed by atoms with van der Waals surface area (Å²) < 4.78 is 0. The lowest BCUT2D eigenvalue weighted by atomic mass is 9.91. The molecule has 0 aliphatic heterocycles. The number of carboxylic acid groups (broad SMARTS) is 2. The van der Waals surface area contributed by atoms with Crippen molar-refractivity contribution in [2.75, 3.05) is 0 Å². The summed E-state index contributed by atoms with van der Waals surface area (Å²) in [5.41, 5.74) is -0.292. The van der Waals surface area contributed by atoms with Gasteiger partial charge in [-0.05, 0) is 41.0 Å². The van der Waals surface area contributed by atoms with E-state index in [1.807, 2.05) is 6.92 Å². The van der Waals surface area contributed by atoms with Crippen molar-refractivity contribution < 1.29 is 19.8 Å². The van der Waals surface area contributed by atoms with Gasteiger partial charge < -0.3 is 10.2 Å². The molecule has 0 bridgehead atoms. The predicted molar refractivity (Wildman–Crippen MR) is 85.5 cm³/mol. The van der Waals surface area contributed by atoms with Gasteiger partial charge in [-0.25, -0.2) is 0 Å². The second kappa shape index (κ2) is 14.1. The number of rotatable bonds is 3. The van der Waals surface area contributed by atoms with E-state index in [1.165, 1.54) is 0 Å². The van der Waals surface area contributed by atoms with E-state index in [0.717, 1.165) is 0 Å². The lowest BCUT2D eigenvalue weighted by molar-refractivity contribution is -0.147. The van der Waals surface area contributed by atoms with Crippen molar-refractivity contribution in [1.29, 1.82) is 0 Å². The van der Waals surface area contributed by atoms with Crippen molar-refractivity contribution in [2.45, 2.75) is 68.2 Å². The molecule has 0 unspecified atom stereocenters. The maximum absolute atomic E-state index is 10.3. The van der Waals surface area contributed by atoms with Gasteiger partial charge in [0.05, 0.1) is 31.6 Å². The monoisotopic (exact) mass is 290 g/mol. The number of carbonyl (C=O) groups is 2. The van der Waals surface area contributed by atoms with Crippen LogP contribution in [0, 0.1) is 24.7 Å². The van der Waals surface area contributed by atoms with E-state index in [-0.39, 0.29) is 11.8 Å². The SMILES string of the molecule is CCC(=O)O.CCC(C)(C)C(=O)O.[CH2+]C.[CH2+]C(C)(C)C. The Labute approximate surface area is 125 Å². The van der Waals surface area contributed by atoms with Crippen LogP contribution >= 0.6 is 0 Å². The van der Waals surface area contributed by atoms with Gasteiger partial charge in [-0.1, -0.05) is 13.8 Å². The minimum atomic E-state index is -0.745. The second-order valence-corrected chi connectivity index (χ2v) is 5.85. The summed E-state index contributed by atoms with van der Waals surface area (Å²) in [6.07, 6.45) is 0.905. The smallest absolute Gasteiger partial charge is 0.309 e. The van der Waals surface area contributed by atoms with E-state index in [0.29, 0.717) is 6.42 Å². The quantitative estimate of drug-likeness (QED) is 0.739. The first kappa shape index (κ1) is 27.1. The van der Waals surface area contributed by atoms with Crippen molar-refractivity contribution in [2.24, 2.45) is 10.8 Å². The lowest BCUT2D eigenvalue weighted by Gasteiger charge is -2.14. The first-order valence-corrected chi connectivity index (χ1v) is 6.79. The Morgan fingerprint density at radius 1 is 0.950 bits per heavy atom. The molecule has 0 atom stereocenters. The van der Waals surface area contributed by atoms with Gasteiger partial charge in [0.15, 0.2) is 0 Å². The van der Waals surface area contributed by atoms with Crippen LogP contribution in [-0.4, -0.2) is 22.2 Å². The third-order valence-electron chi connectivity index (χ3n) is 1.77. The molecule has 0 aliphatic rings. The molecule has 0 aromatic carbocycles. The zero-order valence-electron chi connectivity index (χ0n) is 14.5. The molecule has 4 heteroatoms. The molecule has 0 saturated carbocycles. The van der Waals surface area contributed by atoms with Crippen molar-refractivity contribution >= 4 is 11.9 Å². The van der Waals surface area contributed by atoms with E-state index in [4.69, 9.17) is 10.2 Å². The van der Waals surface area contributed by atoms with Gasteiger partial charge in [-0.15, -0.1) is 0 Å². The average Bonchev–Trinajstić information content (AvgIpc) is 2.30. The van der Waals surface area contributed by atoms with Crippen LogP contribution in [0.3, 0.4) is 0 Å². The molecular weight excluding hydrogens is 256 g/mol. The highest BCUT2D eigenvalue weighted by molar-refractivity contribution is 5.73. The Morgan fingerprint density at radius 3 is 1.15 bits per heavy atom. The maximum atomic E-state index is 10.3. The summed E-state index contributed by atoms with van der Waals surface area (Å²) in [7, 11) is 0. The molecule has 20 heavy (non-hydrogen) atoms. The fraction of sp³-hybridized carbons (Fsp3) is 0.750. The van der Waals surface area contributed by atoms with Crippen molar-refractivity contribution in [3.8, 4) is 0 Å². The van der Waals surface area contributed by atoms with Gasteiger partial charge in [0.2, 0.25) is 0 Å². The Bertz CT molecular complexity index is 231. The van der Waals surface area contributed by atoms with Crippen LogP contribution in [-0.2, 0) is 9.59 Å². The van der Waals surface area contributed by atoms with E-state index in [9.17, 15) is 9.59 Å². The Morgan fingerprint density at radius 2 is 1.15 bits per heavy atom. The molecular formula is C16H34O4+2. The molecule has 4 nitrogen and oxygen atoms in total. The Kier molecular flexibility index (Phi) is 19.1. The van der Waals surface area contributed by atoms with Crippen molar-refractivity contribution in [3.63, 3.8) is 0 Å².